The molecule has 0 saturated heterocycles. The van der Waals surface area contributed by atoms with Gasteiger partial charge in [0.2, 0.25) is 0 Å². The Morgan fingerprint density at radius 3 is 2.55 bits per heavy atom. The molecule has 164 valence electrons. The highest BCUT2D eigenvalue weighted by Gasteiger charge is 2.14. The molecule has 3 rings (SSSR count). The summed E-state index contributed by atoms with van der Waals surface area (Å²) in [5.74, 6) is 0.705. The topological polar surface area (TPSA) is 64.4 Å². The summed E-state index contributed by atoms with van der Waals surface area (Å²) in [7, 11) is 0. The van der Waals surface area contributed by atoms with E-state index in [-0.39, 0.29) is 12.0 Å². The lowest BCUT2D eigenvalue weighted by molar-refractivity contribution is -0.137. The van der Waals surface area contributed by atoms with Crippen molar-refractivity contribution < 1.29 is 23.4 Å². The van der Waals surface area contributed by atoms with Crippen LogP contribution in [0.4, 0.5) is 8.78 Å². The fraction of sp³-hybridized carbons (Fsp3) is 0.333. The van der Waals surface area contributed by atoms with E-state index in [1.54, 1.807) is 18.3 Å². The van der Waals surface area contributed by atoms with Crippen molar-refractivity contribution in [2.45, 2.75) is 45.6 Å². The zero-order valence-electron chi connectivity index (χ0n) is 17.4. The summed E-state index contributed by atoms with van der Waals surface area (Å²) < 4.78 is 33.7. The summed E-state index contributed by atoms with van der Waals surface area (Å²) in [5.41, 5.74) is 2.70. The minimum Gasteiger partial charge on any atom is -0.493 e. The van der Waals surface area contributed by atoms with Gasteiger partial charge in [-0.05, 0) is 32.3 Å². The van der Waals surface area contributed by atoms with Crippen molar-refractivity contribution in [3.8, 4) is 17.1 Å². The lowest BCUT2D eigenvalue weighted by Crippen LogP contribution is -2.07. The van der Waals surface area contributed by atoms with E-state index in [1.807, 2.05) is 35.8 Å². The van der Waals surface area contributed by atoms with Crippen molar-refractivity contribution in [2.75, 3.05) is 6.61 Å². The van der Waals surface area contributed by atoms with Crippen molar-refractivity contribution in [2.24, 2.45) is 0 Å². The smallest absolute Gasteiger partial charge is 0.303 e. The first kappa shape index (κ1) is 22.5. The fourth-order valence-corrected chi connectivity index (χ4v) is 3.35. The van der Waals surface area contributed by atoms with Crippen LogP contribution in [0, 0.1) is 6.92 Å². The molecular weight excluding hydrogens is 402 g/mol. The van der Waals surface area contributed by atoms with Crippen LogP contribution in [0.5, 0.6) is 5.75 Å². The van der Waals surface area contributed by atoms with Crippen LogP contribution >= 0.6 is 0 Å². The number of hydrogen-bond donors (Lipinski definition) is 1. The molecule has 0 atom stereocenters. The number of unbranched alkanes of at least 4 members (excludes halogenated alkanes) is 2. The fourth-order valence-electron chi connectivity index (χ4n) is 3.35. The van der Waals surface area contributed by atoms with Gasteiger partial charge in [0.05, 0.1) is 13.2 Å². The maximum Gasteiger partial charge on any atom is 0.303 e. The lowest BCUT2D eigenvalue weighted by atomic mass is 10.1. The molecule has 0 radical (unpaired) electrons. The van der Waals surface area contributed by atoms with Gasteiger partial charge in [-0.3, -0.25) is 4.79 Å². The Balaban J connectivity index is 1.70. The number of rotatable bonds is 11. The van der Waals surface area contributed by atoms with Crippen LogP contribution in [-0.2, 0) is 11.3 Å². The van der Waals surface area contributed by atoms with Crippen LogP contribution < -0.4 is 4.74 Å². The normalized spacial score (nSPS) is 11.1. The number of para-hydroxylation sites is 1. The van der Waals surface area contributed by atoms with E-state index in [0.29, 0.717) is 25.4 Å². The first-order valence-corrected chi connectivity index (χ1v) is 10.3. The van der Waals surface area contributed by atoms with E-state index >= 15 is 0 Å². The number of hydrogen-bond acceptors (Lipinski definition) is 3. The molecule has 0 aliphatic rings. The third-order valence-corrected chi connectivity index (χ3v) is 5.07. The van der Waals surface area contributed by atoms with Crippen molar-refractivity contribution in [3.05, 3.63) is 71.5 Å². The van der Waals surface area contributed by atoms with Crippen LogP contribution in [0.25, 0.3) is 11.4 Å². The van der Waals surface area contributed by atoms with E-state index in [9.17, 15) is 13.6 Å². The molecule has 0 saturated carbocycles. The number of carboxylic acid groups (broad SMARTS) is 1. The number of benzene rings is 2. The SMILES string of the molecule is Cc1cnc(-c2ccc(C(F)F)cc2)n1Cc1ccccc1OCCCCCC(=O)O. The van der Waals surface area contributed by atoms with Gasteiger partial charge < -0.3 is 14.4 Å². The molecule has 0 bridgehead atoms. The molecule has 5 nitrogen and oxygen atoms in total. The molecule has 0 spiro atoms. The highest BCUT2D eigenvalue weighted by molar-refractivity contribution is 5.66. The number of aromatic nitrogens is 2. The zero-order valence-corrected chi connectivity index (χ0v) is 17.4. The second-order valence-corrected chi connectivity index (χ2v) is 7.39. The van der Waals surface area contributed by atoms with Gasteiger partial charge in [-0.2, -0.15) is 0 Å². The molecule has 0 fully saturated rings. The Morgan fingerprint density at radius 2 is 1.84 bits per heavy atom. The van der Waals surface area contributed by atoms with E-state index in [0.717, 1.165) is 35.4 Å². The Hall–Kier alpha value is -3.22. The van der Waals surface area contributed by atoms with Crippen molar-refractivity contribution in [1.29, 1.82) is 0 Å². The second kappa shape index (κ2) is 10.7. The summed E-state index contributed by atoms with van der Waals surface area (Å²) in [6.45, 7) is 3.00. The van der Waals surface area contributed by atoms with Gasteiger partial charge in [0.15, 0.2) is 0 Å². The second-order valence-electron chi connectivity index (χ2n) is 7.39. The maximum atomic E-state index is 12.9. The maximum absolute atomic E-state index is 12.9. The number of halogens is 2. The summed E-state index contributed by atoms with van der Waals surface area (Å²) in [4.78, 5) is 15.1. The number of ether oxygens (including phenoxy) is 1. The van der Waals surface area contributed by atoms with Gasteiger partial charge in [-0.1, -0.05) is 42.5 Å². The molecule has 0 aliphatic heterocycles. The molecule has 7 heteroatoms. The molecule has 31 heavy (non-hydrogen) atoms. The van der Waals surface area contributed by atoms with Gasteiger partial charge >= 0.3 is 5.97 Å². The number of nitrogens with zero attached hydrogens (tertiary/aromatic N) is 2. The molecule has 0 amide bonds. The summed E-state index contributed by atoms with van der Waals surface area (Å²) in [5, 5.41) is 8.70. The Kier molecular flexibility index (Phi) is 7.76. The van der Waals surface area contributed by atoms with Crippen molar-refractivity contribution in [1.82, 2.24) is 9.55 Å². The number of aryl methyl sites for hydroxylation is 1. The quantitative estimate of drug-likeness (QED) is 0.388. The third-order valence-electron chi connectivity index (χ3n) is 5.07. The van der Waals surface area contributed by atoms with Crippen molar-refractivity contribution in [3.63, 3.8) is 0 Å². The minimum absolute atomic E-state index is 0.0133. The third kappa shape index (κ3) is 6.13. The van der Waals surface area contributed by atoms with Crippen LogP contribution in [0.1, 0.15) is 48.9 Å². The van der Waals surface area contributed by atoms with Crippen molar-refractivity contribution >= 4 is 5.97 Å². The van der Waals surface area contributed by atoms with E-state index < -0.39 is 12.4 Å². The predicted molar refractivity (Wildman–Crippen MR) is 114 cm³/mol. The molecule has 1 heterocycles. The summed E-state index contributed by atoms with van der Waals surface area (Å²) in [6, 6.07) is 13.9. The molecule has 1 aromatic heterocycles. The van der Waals surface area contributed by atoms with Crippen LogP contribution in [0.3, 0.4) is 0 Å². The molecule has 3 aromatic rings. The standard InChI is InChI=1S/C24H26F2N2O3/c1-17-15-27-24(19-12-10-18(11-13-19)23(25)26)28(17)16-20-7-4-5-8-21(20)31-14-6-2-3-9-22(29)30/h4-5,7-8,10-13,15,23H,2-3,6,9,14,16H2,1H3,(H,29,30). The van der Waals surface area contributed by atoms with Crippen LogP contribution in [-0.4, -0.2) is 27.2 Å². The first-order valence-electron chi connectivity index (χ1n) is 10.3. The number of alkyl halides is 2. The van der Waals surface area contributed by atoms with E-state index in [1.165, 1.54) is 12.1 Å². The van der Waals surface area contributed by atoms with Gasteiger partial charge in [-0.25, -0.2) is 13.8 Å². The summed E-state index contributed by atoms with van der Waals surface area (Å²) in [6.07, 6.45) is 1.67. The Labute approximate surface area is 180 Å². The average molecular weight is 428 g/mol. The number of carbonyl (C=O) groups is 1. The summed E-state index contributed by atoms with van der Waals surface area (Å²) >= 11 is 0. The van der Waals surface area contributed by atoms with Gasteiger partial charge in [0.1, 0.15) is 11.6 Å². The lowest BCUT2D eigenvalue weighted by Gasteiger charge is -2.15. The van der Waals surface area contributed by atoms with Gasteiger partial charge in [0, 0.05) is 35.0 Å². The number of imidazole rings is 1. The van der Waals surface area contributed by atoms with Gasteiger partial charge in [-0.15, -0.1) is 0 Å². The van der Waals surface area contributed by atoms with Gasteiger partial charge in [0.25, 0.3) is 6.43 Å². The first-order chi connectivity index (χ1) is 15.0. The van der Waals surface area contributed by atoms with Crippen LogP contribution in [0.2, 0.25) is 0 Å². The number of carboxylic acids is 1. The zero-order chi connectivity index (χ0) is 22.2. The molecular formula is C24H26F2N2O3. The number of aliphatic carboxylic acids is 1. The largest absolute Gasteiger partial charge is 0.493 e. The van der Waals surface area contributed by atoms with E-state index in [2.05, 4.69) is 4.98 Å². The molecule has 2 aromatic carbocycles. The molecule has 0 unspecified atom stereocenters. The Bertz CT molecular complexity index is 1000. The minimum atomic E-state index is -2.50. The Morgan fingerprint density at radius 1 is 1.10 bits per heavy atom. The van der Waals surface area contributed by atoms with Crippen LogP contribution in [0.15, 0.2) is 54.7 Å². The molecule has 0 aliphatic carbocycles. The average Bonchev–Trinajstić information content (AvgIpc) is 3.11. The predicted octanol–water partition coefficient (Wildman–Crippen LogP) is 5.87. The highest BCUT2D eigenvalue weighted by Crippen LogP contribution is 2.27. The molecule has 1 N–H and O–H groups in total. The monoisotopic (exact) mass is 428 g/mol. The van der Waals surface area contributed by atoms with E-state index in [4.69, 9.17) is 9.84 Å². The highest BCUT2D eigenvalue weighted by atomic mass is 19.3.